The van der Waals surface area contributed by atoms with E-state index in [0.29, 0.717) is 18.4 Å². The third kappa shape index (κ3) is 6.48. The molecule has 4 aliphatic rings. The van der Waals surface area contributed by atoms with Gasteiger partial charge in [-0.1, -0.05) is 98.6 Å². The standard InChI is InChI=1S/C38H68O4Si2/c1-25(2)33(39)24-40-26(3)30-18-19-31-29-17-16-27-22-28(41-43(12,13)35(4,5)6)23-34(42-44(14,15)36(7,8)9)38(27,11)32(29)20-21-37(30,31)10/h16-18,25-26,28,31-34,39H,19-24H2,1-15H3/t26-,28-,31+,32+,33-,34+,37-,38+/m1/s1. The van der Waals surface area contributed by atoms with Gasteiger partial charge in [-0.05, 0) is 104 Å². The van der Waals surface area contributed by atoms with E-state index in [1.54, 1.807) is 11.1 Å². The molecule has 0 saturated heterocycles. The zero-order valence-electron chi connectivity index (χ0n) is 31.2. The highest BCUT2D eigenvalue weighted by Crippen LogP contribution is 2.65. The Kier molecular flexibility index (Phi) is 10.1. The van der Waals surface area contributed by atoms with Gasteiger partial charge in [0.05, 0.1) is 31.0 Å². The zero-order valence-corrected chi connectivity index (χ0v) is 33.2. The molecule has 0 aliphatic heterocycles. The molecule has 4 rings (SSSR count). The maximum atomic E-state index is 10.4. The van der Waals surface area contributed by atoms with Crippen LogP contribution in [0.5, 0.6) is 0 Å². The van der Waals surface area contributed by atoms with E-state index < -0.39 is 22.7 Å². The van der Waals surface area contributed by atoms with Gasteiger partial charge in [0.2, 0.25) is 0 Å². The molecule has 0 bridgehead atoms. The van der Waals surface area contributed by atoms with Gasteiger partial charge in [0, 0.05) is 5.41 Å². The normalized spacial score (nSPS) is 34.4. The molecule has 2 fully saturated rings. The summed E-state index contributed by atoms with van der Waals surface area (Å²) >= 11 is 0. The Hall–Kier alpha value is -0.506. The van der Waals surface area contributed by atoms with Gasteiger partial charge in [-0.3, -0.25) is 0 Å². The molecule has 2 saturated carbocycles. The summed E-state index contributed by atoms with van der Waals surface area (Å²) in [6.45, 7) is 35.6. The Morgan fingerprint density at radius 3 is 2.07 bits per heavy atom. The van der Waals surface area contributed by atoms with Crippen molar-refractivity contribution in [3.8, 4) is 0 Å². The molecule has 4 aliphatic carbocycles. The molecule has 0 heterocycles. The van der Waals surface area contributed by atoms with Crippen LogP contribution < -0.4 is 0 Å². The number of hydrogen-bond donors (Lipinski definition) is 1. The van der Waals surface area contributed by atoms with Crippen LogP contribution in [0.15, 0.2) is 34.9 Å². The van der Waals surface area contributed by atoms with Gasteiger partial charge in [-0.15, -0.1) is 0 Å². The number of rotatable bonds is 9. The Balaban J connectivity index is 1.66. The summed E-state index contributed by atoms with van der Waals surface area (Å²) in [5.74, 6) is 1.20. The molecule has 0 aromatic rings. The Bertz CT molecular complexity index is 1150. The van der Waals surface area contributed by atoms with Crippen LogP contribution in [0.1, 0.15) is 108 Å². The maximum absolute atomic E-state index is 10.4. The van der Waals surface area contributed by atoms with Crippen LogP contribution in [0.25, 0.3) is 0 Å². The second-order valence-corrected chi connectivity index (χ2v) is 28.2. The first-order valence-electron chi connectivity index (χ1n) is 17.7. The van der Waals surface area contributed by atoms with E-state index in [-0.39, 0.29) is 45.1 Å². The van der Waals surface area contributed by atoms with Gasteiger partial charge in [-0.2, -0.15) is 0 Å². The fourth-order valence-corrected chi connectivity index (χ4v) is 10.9. The molecule has 0 radical (unpaired) electrons. The van der Waals surface area contributed by atoms with Gasteiger partial charge in [0.1, 0.15) is 0 Å². The third-order valence-corrected chi connectivity index (χ3v) is 22.5. The van der Waals surface area contributed by atoms with Gasteiger partial charge < -0.3 is 18.7 Å². The van der Waals surface area contributed by atoms with Crippen molar-refractivity contribution in [3.05, 3.63) is 34.9 Å². The number of fused-ring (bicyclic) bond motifs is 5. The van der Waals surface area contributed by atoms with Crippen molar-refractivity contribution in [2.45, 2.75) is 169 Å². The topological polar surface area (TPSA) is 47.9 Å². The minimum atomic E-state index is -2.03. The predicted molar refractivity (Wildman–Crippen MR) is 191 cm³/mol. The van der Waals surface area contributed by atoms with Crippen LogP contribution in [0, 0.1) is 28.6 Å². The Morgan fingerprint density at radius 2 is 1.50 bits per heavy atom. The van der Waals surface area contributed by atoms with Crippen LogP contribution in [0.2, 0.25) is 36.3 Å². The summed E-state index contributed by atoms with van der Waals surface area (Å²) in [5.41, 5.74) is 4.72. The molecule has 0 aromatic carbocycles. The Labute approximate surface area is 273 Å². The average Bonchev–Trinajstić information content (AvgIpc) is 3.23. The van der Waals surface area contributed by atoms with Crippen LogP contribution in [-0.4, -0.2) is 52.8 Å². The van der Waals surface area contributed by atoms with E-state index in [9.17, 15) is 5.11 Å². The van der Waals surface area contributed by atoms with Crippen molar-refractivity contribution >= 4 is 16.6 Å². The first-order valence-corrected chi connectivity index (χ1v) is 23.5. The van der Waals surface area contributed by atoms with Crippen molar-refractivity contribution in [1.29, 1.82) is 0 Å². The molecule has 0 spiro atoms. The SMILES string of the molecule is CC(C)[C@H](O)CO[C@H](C)C1=CC[C@H]2C3=CC=C4C[C@@H](O[Si](C)(C)C(C)(C)C)C[C@H](O[Si](C)(C)C(C)(C)C)[C@]4(C)[C@H]3CC[C@]12C. The van der Waals surface area contributed by atoms with Crippen LogP contribution in [-0.2, 0) is 13.6 Å². The zero-order chi connectivity index (χ0) is 33.3. The van der Waals surface area contributed by atoms with Crippen molar-refractivity contribution in [3.63, 3.8) is 0 Å². The molecule has 6 heteroatoms. The average molecular weight is 645 g/mol. The maximum Gasteiger partial charge on any atom is 0.192 e. The first kappa shape index (κ1) is 36.3. The fourth-order valence-electron chi connectivity index (χ4n) is 8.17. The monoisotopic (exact) mass is 644 g/mol. The summed E-state index contributed by atoms with van der Waals surface area (Å²) in [4.78, 5) is 0. The number of aliphatic hydroxyl groups is 1. The minimum absolute atomic E-state index is 0.0134. The van der Waals surface area contributed by atoms with Gasteiger partial charge in [-0.25, -0.2) is 0 Å². The van der Waals surface area contributed by atoms with E-state index >= 15 is 0 Å². The Morgan fingerprint density at radius 1 is 0.909 bits per heavy atom. The van der Waals surface area contributed by atoms with Gasteiger partial charge >= 0.3 is 0 Å². The highest BCUT2D eigenvalue weighted by Gasteiger charge is 2.59. The summed E-state index contributed by atoms with van der Waals surface area (Å²) in [6, 6.07) is 0. The first-order chi connectivity index (χ1) is 20.0. The molecule has 1 N–H and O–H groups in total. The quantitative estimate of drug-likeness (QED) is 0.200. The summed E-state index contributed by atoms with van der Waals surface area (Å²) in [7, 11) is -3.95. The van der Waals surface area contributed by atoms with E-state index in [0.717, 1.165) is 19.3 Å². The number of allylic oxidation sites excluding steroid dienone is 4. The van der Waals surface area contributed by atoms with E-state index in [1.807, 2.05) is 0 Å². The lowest BCUT2D eigenvalue weighted by atomic mass is 9.49. The smallest absolute Gasteiger partial charge is 0.192 e. The molecule has 8 atom stereocenters. The minimum Gasteiger partial charge on any atom is -0.414 e. The highest BCUT2D eigenvalue weighted by molar-refractivity contribution is 6.74. The van der Waals surface area contributed by atoms with Crippen molar-refractivity contribution < 1.29 is 18.7 Å². The van der Waals surface area contributed by atoms with Crippen molar-refractivity contribution in [1.82, 2.24) is 0 Å². The fraction of sp³-hybridized carbons (Fsp3) is 0.842. The lowest BCUT2D eigenvalue weighted by Crippen LogP contribution is -2.58. The molecular formula is C38H68O4Si2. The molecular weight excluding hydrogens is 577 g/mol. The van der Waals surface area contributed by atoms with Crippen LogP contribution in [0.3, 0.4) is 0 Å². The lowest BCUT2D eigenvalue weighted by molar-refractivity contribution is -0.0423. The number of hydrogen-bond acceptors (Lipinski definition) is 4. The summed E-state index contributed by atoms with van der Waals surface area (Å²) in [6.07, 6.45) is 12.9. The lowest BCUT2D eigenvalue weighted by Gasteiger charge is -2.59. The number of ether oxygens (including phenoxy) is 1. The van der Waals surface area contributed by atoms with E-state index in [2.05, 4.69) is 121 Å². The highest BCUT2D eigenvalue weighted by atomic mass is 28.4. The summed E-state index contributed by atoms with van der Waals surface area (Å²) in [5, 5.41) is 10.8. The van der Waals surface area contributed by atoms with E-state index in [4.69, 9.17) is 13.6 Å². The van der Waals surface area contributed by atoms with Gasteiger partial charge in [0.15, 0.2) is 16.6 Å². The summed E-state index contributed by atoms with van der Waals surface area (Å²) < 4.78 is 21.0. The third-order valence-electron chi connectivity index (χ3n) is 13.5. The molecule has 0 aromatic heterocycles. The van der Waals surface area contributed by atoms with Gasteiger partial charge in [0.25, 0.3) is 0 Å². The van der Waals surface area contributed by atoms with Crippen molar-refractivity contribution in [2.75, 3.05) is 6.61 Å². The second-order valence-electron chi connectivity index (χ2n) is 18.7. The van der Waals surface area contributed by atoms with Crippen molar-refractivity contribution in [2.24, 2.45) is 28.6 Å². The molecule has 0 amide bonds. The van der Waals surface area contributed by atoms with E-state index in [1.165, 1.54) is 18.4 Å². The number of aliphatic hydroxyl groups excluding tert-OH is 1. The van der Waals surface area contributed by atoms with Crippen LogP contribution >= 0.6 is 0 Å². The molecule has 4 nitrogen and oxygen atoms in total. The predicted octanol–water partition coefficient (Wildman–Crippen LogP) is 10.2. The van der Waals surface area contributed by atoms with Crippen LogP contribution in [0.4, 0.5) is 0 Å². The second kappa shape index (κ2) is 12.2. The molecule has 0 unspecified atom stereocenters. The largest absolute Gasteiger partial charge is 0.414 e. The molecule has 252 valence electrons. The molecule has 44 heavy (non-hydrogen) atoms.